The number of amides is 3. The first kappa shape index (κ1) is 18.9. The molecule has 0 spiro atoms. The molecule has 24 heavy (non-hydrogen) atoms. The summed E-state index contributed by atoms with van der Waals surface area (Å²) in [5, 5.41) is 6.82. The van der Waals surface area contributed by atoms with Gasteiger partial charge in [-0.05, 0) is 0 Å². The first-order chi connectivity index (χ1) is 11.5. The average Bonchev–Trinajstić information content (AvgIpc) is 2.61. The lowest BCUT2D eigenvalue weighted by molar-refractivity contribution is 0.131. The SMILES string of the molecule is CNC(=O)OCc1nc(COC(=O)NC)nc(COC(=O)NC)n1. The fourth-order valence-electron chi connectivity index (χ4n) is 1.32. The standard InChI is InChI=1S/C12H18N6O6/c1-13-10(19)22-4-7-16-8(5-23-11(20)14-2)18-9(17-7)6-24-12(21)15-3/h4-6H2,1-3H3,(H,13,19)(H,14,20)(H,15,21). The summed E-state index contributed by atoms with van der Waals surface area (Å²) in [6.45, 7) is -0.702. The van der Waals surface area contributed by atoms with Gasteiger partial charge < -0.3 is 30.2 Å². The third-order valence-electron chi connectivity index (χ3n) is 2.38. The van der Waals surface area contributed by atoms with Gasteiger partial charge in [0.2, 0.25) is 0 Å². The second kappa shape index (κ2) is 9.76. The zero-order valence-corrected chi connectivity index (χ0v) is 13.4. The fourth-order valence-corrected chi connectivity index (χ4v) is 1.32. The van der Waals surface area contributed by atoms with Gasteiger partial charge in [0.1, 0.15) is 0 Å². The van der Waals surface area contributed by atoms with Crippen molar-refractivity contribution in [1.29, 1.82) is 0 Å². The summed E-state index contributed by atoms with van der Waals surface area (Å²) in [5.74, 6) is 0.332. The van der Waals surface area contributed by atoms with E-state index in [0.717, 1.165) is 0 Å². The molecule has 0 aliphatic heterocycles. The van der Waals surface area contributed by atoms with Crippen LogP contribution in [0.2, 0.25) is 0 Å². The van der Waals surface area contributed by atoms with Gasteiger partial charge in [-0.3, -0.25) is 0 Å². The highest BCUT2D eigenvalue weighted by Gasteiger charge is 2.12. The van der Waals surface area contributed by atoms with Crippen LogP contribution in [0.25, 0.3) is 0 Å². The van der Waals surface area contributed by atoms with Crippen molar-refractivity contribution in [3.05, 3.63) is 17.5 Å². The third kappa shape index (κ3) is 6.72. The highest BCUT2D eigenvalue weighted by Crippen LogP contribution is 2.03. The van der Waals surface area contributed by atoms with Crippen LogP contribution >= 0.6 is 0 Å². The monoisotopic (exact) mass is 342 g/mol. The van der Waals surface area contributed by atoms with E-state index in [9.17, 15) is 14.4 Å². The van der Waals surface area contributed by atoms with Gasteiger partial charge in [0.25, 0.3) is 0 Å². The minimum absolute atomic E-state index is 0.111. The van der Waals surface area contributed by atoms with Gasteiger partial charge >= 0.3 is 18.3 Å². The first-order valence-electron chi connectivity index (χ1n) is 6.74. The summed E-state index contributed by atoms with van der Waals surface area (Å²) in [4.78, 5) is 45.3. The predicted octanol–water partition coefficient (Wildman–Crippen LogP) is -0.560. The zero-order valence-electron chi connectivity index (χ0n) is 13.4. The molecule has 1 aromatic rings. The molecule has 0 saturated heterocycles. The summed E-state index contributed by atoms with van der Waals surface area (Å²) in [6, 6.07) is 0. The molecule has 0 saturated carbocycles. The Labute approximate surface area is 137 Å². The second-order valence-electron chi connectivity index (χ2n) is 4.06. The lowest BCUT2D eigenvalue weighted by Gasteiger charge is -2.09. The van der Waals surface area contributed by atoms with Crippen LogP contribution in [0.1, 0.15) is 17.5 Å². The quantitative estimate of drug-likeness (QED) is 0.577. The molecule has 3 amide bonds. The Morgan fingerprint density at radius 3 is 1.12 bits per heavy atom. The summed E-state index contributed by atoms with van der Waals surface area (Å²) < 4.78 is 14.5. The maximum atomic E-state index is 11.1. The van der Waals surface area contributed by atoms with E-state index in [4.69, 9.17) is 14.2 Å². The Hall–Kier alpha value is -3.18. The molecular formula is C12H18N6O6. The van der Waals surface area contributed by atoms with Gasteiger partial charge in [0, 0.05) is 21.1 Å². The lowest BCUT2D eigenvalue weighted by atomic mass is 10.5. The molecule has 0 atom stereocenters. The molecule has 1 aromatic heterocycles. The highest BCUT2D eigenvalue weighted by molar-refractivity contribution is 5.67. The van der Waals surface area contributed by atoms with Crippen molar-refractivity contribution in [2.45, 2.75) is 19.8 Å². The molecule has 0 aromatic carbocycles. The van der Waals surface area contributed by atoms with Crippen molar-refractivity contribution >= 4 is 18.3 Å². The normalized spacial score (nSPS) is 9.62. The van der Waals surface area contributed by atoms with Crippen molar-refractivity contribution in [3.63, 3.8) is 0 Å². The van der Waals surface area contributed by atoms with E-state index in [1.54, 1.807) is 0 Å². The van der Waals surface area contributed by atoms with Gasteiger partial charge in [0.05, 0.1) is 0 Å². The van der Waals surface area contributed by atoms with Crippen LogP contribution < -0.4 is 16.0 Å². The second-order valence-corrected chi connectivity index (χ2v) is 4.06. The summed E-state index contributed by atoms with van der Waals surface area (Å²) in [7, 11) is 4.21. The molecular weight excluding hydrogens is 324 g/mol. The van der Waals surface area contributed by atoms with E-state index in [2.05, 4.69) is 30.9 Å². The number of rotatable bonds is 6. The van der Waals surface area contributed by atoms with Crippen molar-refractivity contribution in [3.8, 4) is 0 Å². The van der Waals surface area contributed by atoms with Crippen LogP contribution in [0.4, 0.5) is 14.4 Å². The Morgan fingerprint density at radius 2 is 0.917 bits per heavy atom. The number of hydrogen-bond donors (Lipinski definition) is 3. The molecule has 3 N–H and O–H groups in total. The molecule has 132 valence electrons. The molecule has 0 fully saturated rings. The van der Waals surface area contributed by atoms with E-state index in [0.29, 0.717) is 0 Å². The van der Waals surface area contributed by atoms with E-state index < -0.39 is 18.3 Å². The van der Waals surface area contributed by atoms with Crippen LogP contribution in [0.5, 0.6) is 0 Å². The molecule has 1 rings (SSSR count). The van der Waals surface area contributed by atoms with E-state index in [1.807, 2.05) is 0 Å². The molecule has 0 unspecified atom stereocenters. The summed E-state index contributed by atoms with van der Waals surface area (Å²) >= 11 is 0. The van der Waals surface area contributed by atoms with Crippen LogP contribution in [0, 0.1) is 0 Å². The van der Waals surface area contributed by atoms with Gasteiger partial charge in [-0.25, -0.2) is 29.3 Å². The van der Waals surface area contributed by atoms with Gasteiger partial charge in [-0.15, -0.1) is 0 Å². The number of ether oxygens (including phenoxy) is 3. The summed E-state index contributed by atoms with van der Waals surface area (Å²) in [6.07, 6.45) is -2.00. The Balaban J connectivity index is 2.84. The van der Waals surface area contributed by atoms with Crippen molar-refractivity contribution < 1.29 is 28.6 Å². The zero-order chi connectivity index (χ0) is 17.9. The number of nitrogens with zero attached hydrogens (tertiary/aromatic N) is 3. The Bertz CT molecular complexity index is 502. The van der Waals surface area contributed by atoms with Crippen molar-refractivity contribution in [2.75, 3.05) is 21.1 Å². The molecule has 1 heterocycles. The molecule has 0 aliphatic carbocycles. The van der Waals surface area contributed by atoms with Crippen LogP contribution in [-0.2, 0) is 34.0 Å². The minimum atomic E-state index is -0.665. The topological polar surface area (TPSA) is 154 Å². The van der Waals surface area contributed by atoms with Gasteiger partial charge in [-0.2, -0.15) is 0 Å². The lowest BCUT2D eigenvalue weighted by Crippen LogP contribution is -2.22. The molecule has 12 heteroatoms. The van der Waals surface area contributed by atoms with Gasteiger partial charge in [-0.1, -0.05) is 0 Å². The largest absolute Gasteiger partial charge is 0.441 e. The average molecular weight is 342 g/mol. The fraction of sp³-hybridized carbons (Fsp3) is 0.500. The Morgan fingerprint density at radius 1 is 0.667 bits per heavy atom. The number of nitrogens with one attached hydrogen (secondary N) is 3. The Kier molecular flexibility index (Phi) is 7.67. The maximum Gasteiger partial charge on any atom is 0.407 e. The maximum absolute atomic E-state index is 11.1. The number of carbonyl (C=O) groups excluding carboxylic acids is 3. The third-order valence-corrected chi connectivity index (χ3v) is 2.38. The summed E-state index contributed by atoms with van der Waals surface area (Å²) in [5.41, 5.74) is 0. The van der Waals surface area contributed by atoms with E-state index in [-0.39, 0.29) is 37.3 Å². The number of hydrogen-bond acceptors (Lipinski definition) is 9. The highest BCUT2D eigenvalue weighted by atomic mass is 16.6. The van der Waals surface area contributed by atoms with Crippen LogP contribution in [0.15, 0.2) is 0 Å². The molecule has 0 bridgehead atoms. The van der Waals surface area contributed by atoms with Crippen molar-refractivity contribution in [1.82, 2.24) is 30.9 Å². The van der Waals surface area contributed by atoms with Crippen LogP contribution in [0.3, 0.4) is 0 Å². The number of carbonyl (C=O) groups is 3. The van der Waals surface area contributed by atoms with Gasteiger partial charge in [0.15, 0.2) is 37.3 Å². The molecule has 0 aliphatic rings. The molecule has 0 radical (unpaired) electrons. The van der Waals surface area contributed by atoms with Crippen LogP contribution in [-0.4, -0.2) is 54.4 Å². The smallest absolute Gasteiger partial charge is 0.407 e. The predicted molar refractivity (Wildman–Crippen MR) is 77.6 cm³/mol. The minimum Gasteiger partial charge on any atom is -0.441 e. The van der Waals surface area contributed by atoms with Crippen molar-refractivity contribution in [2.24, 2.45) is 0 Å². The van der Waals surface area contributed by atoms with E-state index >= 15 is 0 Å². The first-order valence-corrected chi connectivity index (χ1v) is 6.74. The number of alkyl carbamates (subject to hydrolysis) is 3. The van der Waals surface area contributed by atoms with E-state index in [1.165, 1.54) is 21.1 Å². The molecule has 12 nitrogen and oxygen atoms in total. The number of aromatic nitrogens is 3.